The van der Waals surface area contributed by atoms with Crippen molar-refractivity contribution in [2.75, 3.05) is 36.0 Å². The van der Waals surface area contributed by atoms with Gasteiger partial charge >= 0.3 is 0 Å². The summed E-state index contributed by atoms with van der Waals surface area (Å²) in [4.78, 5) is 9.60. The first kappa shape index (κ1) is 21.2. The number of benzene rings is 2. The second-order valence-electron chi connectivity index (χ2n) is 7.50. The number of hydrogen-bond acceptors (Lipinski definition) is 6. The van der Waals surface area contributed by atoms with Crippen LogP contribution in [0.1, 0.15) is 0 Å². The van der Waals surface area contributed by atoms with Crippen molar-refractivity contribution >= 4 is 54.4 Å². The molecular formula is C23H19ClFN3O2S2. The van der Waals surface area contributed by atoms with E-state index in [4.69, 9.17) is 11.6 Å². The molecule has 4 aromatic rings. The first-order valence-corrected chi connectivity index (χ1v) is 12.7. The molecule has 0 aliphatic carbocycles. The van der Waals surface area contributed by atoms with Gasteiger partial charge in [-0.1, -0.05) is 11.6 Å². The fraction of sp³-hybridized carbons (Fsp3) is 0.174. The molecule has 1 fully saturated rings. The van der Waals surface area contributed by atoms with E-state index in [2.05, 4.69) is 14.8 Å². The molecule has 0 amide bonds. The van der Waals surface area contributed by atoms with Crippen LogP contribution in [-0.2, 0) is 9.84 Å². The first-order valence-electron chi connectivity index (χ1n) is 10.1. The third-order valence-electron chi connectivity index (χ3n) is 5.56. The summed E-state index contributed by atoms with van der Waals surface area (Å²) in [6.07, 6.45) is 1.67. The lowest BCUT2D eigenvalue weighted by atomic mass is 10.2. The Balaban J connectivity index is 1.51. The minimum absolute atomic E-state index is 0.208. The van der Waals surface area contributed by atoms with Gasteiger partial charge in [-0.05, 0) is 60.7 Å². The molecule has 0 unspecified atom stereocenters. The molecule has 2 aromatic carbocycles. The van der Waals surface area contributed by atoms with Gasteiger partial charge in [-0.2, -0.15) is 0 Å². The number of halogens is 2. The Morgan fingerprint density at radius 1 is 0.906 bits per heavy atom. The van der Waals surface area contributed by atoms with Crippen molar-refractivity contribution in [1.29, 1.82) is 0 Å². The Bertz CT molecular complexity index is 1360. The van der Waals surface area contributed by atoms with Crippen molar-refractivity contribution in [1.82, 2.24) is 4.98 Å². The minimum Gasteiger partial charge on any atom is -0.368 e. The summed E-state index contributed by atoms with van der Waals surface area (Å²) in [5.74, 6) is -0.262. The van der Waals surface area contributed by atoms with Crippen molar-refractivity contribution in [3.63, 3.8) is 0 Å². The SMILES string of the molecule is O=S(=O)(c1ccc(Cl)cc1)c1sc2ncccc2c1N1CCN(c2ccc(F)cc2)CC1. The second kappa shape index (κ2) is 8.35. The number of fused-ring (bicyclic) bond motifs is 1. The maximum absolute atomic E-state index is 13.6. The lowest BCUT2D eigenvalue weighted by molar-refractivity contribution is 0.596. The van der Waals surface area contributed by atoms with Crippen LogP contribution in [0.5, 0.6) is 0 Å². The zero-order valence-corrected chi connectivity index (χ0v) is 19.3. The summed E-state index contributed by atoms with van der Waals surface area (Å²) in [5, 5.41) is 1.32. The van der Waals surface area contributed by atoms with Crippen LogP contribution in [0.4, 0.5) is 15.8 Å². The Morgan fingerprint density at radius 2 is 1.56 bits per heavy atom. The lowest BCUT2D eigenvalue weighted by Crippen LogP contribution is -2.46. The number of nitrogens with zero attached hydrogens (tertiary/aromatic N) is 3. The van der Waals surface area contributed by atoms with Gasteiger partial charge in [0.2, 0.25) is 9.84 Å². The van der Waals surface area contributed by atoms with E-state index in [9.17, 15) is 12.8 Å². The fourth-order valence-corrected chi connectivity index (χ4v) is 7.13. The van der Waals surface area contributed by atoms with Crippen LogP contribution in [0.3, 0.4) is 0 Å². The predicted molar refractivity (Wildman–Crippen MR) is 127 cm³/mol. The van der Waals surface area contributed by atoms with Crippen LogP contribution in [0.25, 0.3) is 10.2 Å². The summed E-state index contributed by atoms with van der Waals surface area (Å²) in [6.45, 7) is 2.68. The number of piperazine rings is 1. The number of aromatic nitrogens is 1. The highest BCUT2D eigenvalue weighted by Crippen LogP contribution is 2.43. The molecule has 9 heteroatoms. The molecule has 2 aromatic heterocycles. The Morgan fingerprint density at radius 3 is 2.25 bits per heavy atom. The van der Waals surface area contributed by atoms with E-state index < -0.39 is 9.84 Å². The molecular weight excluding hydrogens is 469 g/mol. The van der Waals surface area contributed by atoms with Gasteiger partial charge in [-0.3, -0.25) is 0 Å². The van der Waals surface area contributed by atoms with Crippen molar-refractivity contribution in [2.24, 2.45) is 0 Å². The molecule has 3 heterocycles. The van der Waals surface area contributed by atoms with Crippen LogP contribution < -0.4 is 9.80 Å². The summed E-state index contributed by atoms with van der Waals surface area (Å²) in [6, 6.07) is 16.4. The monoisotopic (exact) mass is 487 g/mol. The zero-order valence-electron chi connectivity index (χ0n) is 16.9. The molecule has 5 nitrogen and oxygen atoms in total. The average Bonchev–Trinajstić information content (AvgIpc) is 3.21. The topological polar surface area (TPSA) is 53.5 Å². The van der Waals surface area contributed by atoms with E-state index in [0.717, 1.165) is 11.1 Å². The van der Waals surface area contributed by atoms with E-state index in [1.807, 2.05) is 12.1 Å². The standard InChI is InChI=1S/C23H19ClFN3O2S2/c24-16-3-9-19(10-4-16)32(29,30)23-21(20-2-1-11-26-22(20)31-23)28-14-12-27(13-15-28)18-7-5-17(25)6-8-18/h1-11H,12-15H2. The first-order chi connectivity index (χ1) is 15.4. The maximum atomic E-state index is 13.6. The van der Waals surface area contributed by atoms with Crippen LogP contribution in [-0.4, -0.2) is 39.6 Å². The van der Waals surface area contributed by atoms with Gasteiger partial charge in [0.15, 0.2) is 4.21 Å². The van der Waals surface area contributed by atoms with Gasteiger partial charge in [-0.15, -0.1) is 11.3 Å². The fourth-order valence-electron chi connectivity index (χ4n) is 3.94. The van der Waals surface area contributed by atoms with Gasteiger partial charge < -0.3 is 9.80 Å². The molecule has 0 atom stereocenters. The predicted octanol–water partition coefficient (Wildman–Crippen LogP) is 5.25. The van der Waals surface area contributed by atoms with E-state index in [0.29, 0.717) is 45.9 Å². The summed E-state index contributed by atoms with van der Waals surface area (Å²) < 4.78 is 40.7. The number of sulfone groups is 1. The largest absolute Gasteiger partial charge is 0.368 e. The number of rotatable bonds is 4. The van der Waals surface area contributed by atoms with E-state index in [1.165, 1.54) is 35.6 Å². The Kier molecular flexibility index (Phi) is 5.53. The Labute approximate surface area is 194 Å². The highest BCUT2D eigenvalue weighted by molar-refractivity contribution is 7.93. The number of anilines is 2. The quantitative estimate of drug-likeness (QED) is 0.393. The highest BCUT2D eigenvalue weighted by atomic mass is 35.5. The Hall–Kier alpha value is -2.68. The molecule has 0 spiro atoms. The molecule has 1 saturated heterocycles. The third-order valence-corrected chi connectivity index (χ3v) is 9.20. The zero-order chi connectivity index (χ0) is 22.3. The van der Waals surface area contributed by atoms with Crippen molar-refractivity contribution < 1.29 is 12.8 Å². The second-order valence-corrected chi connectivity index (χ2v) is 11.1. The van der Waals surface area contributed by atoms with Crippen molar-refractivity contribution in [2.45, 2.75) is 9.10 Å². The van der Waals surface area contributed by atoms with Gasteiger partial charge in [0.1, 0.15) is 10.6 Å². The minimum atomic E-state index is -3.75. The summed E-state index contributed by atoms with van der Waals surface area (Å²) >= 11 is 7.16. The molecule has 0 bridgehead atoms. The van der Waals surface area contributed by atoms with Gasteiger partial charge in [0.25, 0.3) is 0 Å². The van der Waals surface area contributed by atoms with Crippen molar-refractivity contribution in [3.8, 4) is 0 Å². The van der Waals surface area contributed by atoms with E-state index in [-0.39, 0.29) is 10.7 Å². The van der Waals surface area contributed by atoms with Crippen LogP contribution in [0.15, 0.2) is 76.0 Å². The van der Waals surface area contributed by atoms with Crippen LogP contribution in [0.2, 0.25) is 5.02 Å². The van der Waals surface area contributed by atoms with Gasteiger partial charge in [0.05, 0.1) is 10.6 Å². The highest BCUT2D eigenvalue weighted by Gasteiger charge is 2.31. The lowest BCUT2D eigenvalue weighted by Gasteiger charge is -2.37. The average molecular weight is 488 g/mol. The molecule has 0 saturated carbocycles. The third kappa shape index (κ3) is 3.83. The van der Waals surface area contributed by atoms with Gasteiger partial charge in [-0.25, -0.2) is 17.8 Å². The maximum Gasteiger partial charge on any atom is 0.218 e. The van der Waals surface area contributed by atoms with Crippen LogP contribution in [0, 0.1) is 5.82 Å². The molecule has 0 radical (unpaired) electrons. The molecule has 1 aliphatic heterocycles. The van der Waals surface area contributed by atoms with Crippen molar-refractivity contribution in [3.05, 3.63) is 77.7 Å². The molecule has 5 rings (SSSR count). The smallest absolute Gasteiger partial charge is 0.218 e. The van der Waals surface area contributed by atoms with Crippen LogP contribution >= 0.6 is 22.9 Å². The molecule has 0 N–H and O–H groups in total. The number of hydrogen-bond donors (Lipinski definition) is 0. The summed E-state index contributed by atoms with van der Waals surface area (Å²) in [7, 11) is -3.75. The molecule has 164 valence electrons. The number of thiophene rings is 1. The molecule has 32 heavy (non-hydrogen) atoms. The van der Waals surface area contributed by atoms with E-state index in [1.54, 1.807) is 30.5 Å². The van der Waals surface area contributed by atoms with Gasteiger partial charge in [0, 0.05) is 48.5 Å². The molecule has 1 aliphatic rings. The number of pyridine rings is 1. The normalized spacial score (nSPS) is 14.8. The van der Waals surface area contributed by atoms with E-state index >= 15 is 0 Å². The summed E-state index contributed by atoms with van der Waals surface area (Å²) in [5.41, 5.74) is 1.66.